The summed E-state index contributed by atoms with van der Waals surface area (Å²) in [6.45, 7) is 7.40. The van der Waals surface area contributed by atoms with Crippen molar-refractivity contribution in [2.45, 2.75) is 25.6 Å². The summed E-state index contributed by atoms with van der Waals surface area (Å²) in [6, 6.07) is 6.85. The molecule has 0 aromatic carbocycles. The zero-order valence-electron chi connectivity index (χ0n) is 14.8. The molecule has 26 heavy (non-hydrogen) atoms. The number of nitrogens with zero attached hydrogens (tertiary/aromatic N) is 6. The van der Waals surface area contributed by atoms with Crippen molar-refractivity contribution in [3.8, 4) is 0 Å². The lowest BCUT2D eigenvalue weighted by molar-refractivity contribution is -0.0845. The Morgan fingerprint density at radius 1 is 1.23 bits per heavy atom. The Kier molecular flexibility index (Phi) is 3.96. The zero-order chi connectivity index (χ0) is 17.5. The van der Waals surface area contributed by atoms with Gasteiger partial charge in [-0.3, -0.25) is 9.80 Å². The van der Waals surface area contributed by atoms with Gasteiger partial charge in [0.25, 0.3) is 5.89 Å². The van der Waals surface area contributed by atoms with Gasteiger partial charge in [0.15, 0.2) is 5.82 Å². The van der Waals surface area contributed by atoms with Gasteiger partial charge < -0.3 is 13.7 Å². The lowest BCUT2D eigenvalue weighted by Crippen LogP contribution is -2.61. The first-order valence-electron chi connectivity index (χ1n) is 9.05. The predicted octanol–water partition coefficient (Wildman–Crippen LogP) is 1.28. The Bertz CT molecular complexity index is 900. The topological polar surface area (TPSA) is 71.9 Å². The van der Waals surface area contributed by atoms with E-state index < -0.39 is 0 Å². The molecular weight excluding hydrogens is 332 g/mol. The van der Waals surface area contributed by atoms with Crippen molar-refractivity contribution in [2.75, 3.05) is 32.8 Å². The molecule has 8 heteroatoms. The van der Waals surface area contributed by atoms with Crippen LogP contribution in [0.25, 0.3) is 5.65 Å². The highest BCUT2D eigenvalue weighted by atomic mass is 16.5. The van der Waals surface area contributed by atoms with Crippen LogP contribution in [-0.4, -0.2) is 68.2 Å². The van der Waals surface area contributed by atoms with E-state index in [4.69, 9.17) is 9.26 Å². The Balaban J connectivity index is 1.19. The van der Waals surface area contributed by atoms with E-state index in [-0.39, 0.29) is 6.10 Å². The summed E-state index contributed by atoms with van der Waals surface area (Å²) in [7, 11) is 0. The van der Waals surface area contributed by atoms with E-state index >= 15 is 0 Å². The van der Waals surface area contributed by atoms with Crippen LogP contribution in [0.5, 0.6) is 0 Å². The van der Waals surface area contributed by atoms with Crippen LogP contribution < -0.4 is 0 Å². The van der Waals surface area contributed by atoms with Crippen molar-refractivity contribution < 1.29 is 9.26 Å². The lowest BCUT2D eigenvalue weighted by Gasteiger charge is -2.47. The van der Waals surface area contributed by atoms with Crippen LogP contribution in [0, 0.1) is 6.92 Å². The van der Waals surface area contributed by atoms with E-state index in [0.29, 0.717) is 24.4 Å². The lowest BCUT2D eigenvalue weighted by atomic mass is 10.0. The fraction of sp³-hybridized carbons (Fsp3) is 0.500. The van der Waals surface area contributed by atoms with Gasteiger partial charge in [-0.25, -0.2) is 4.98 Å². The fourth-order valence-electron chi connectivity index (χ4n) is 3.86. The highest BCUT2D eigenvalue weighted by molar-refractivity contribution is 5.39. The van der Waals surface area contributed by atoms with Gasteiger partial charge in [-0.2, -0.15) is 4.98 Å². The molecule has 1 atom stereocenters. The van der Waals surface area contributed by atoms with Gasteiger partial charge in [-0.15, -0.1) is 0 Å². The van der Waals surface area contributed by atoms with Crippen LogP contribution in [-0.2, 0) is 11.3 Å². The van der Waals surface area contributed by atoms with Crippen molar-refractivity contribution >= 4 is 5.65 Å². The van der Waals surface area contributed by atoms with Crippen molar-refractivity contribution in [3.63, 3.8) is 0 Å². The molecule has 2 aliphatic heterocycles. The Morgan fingerprint density at radius 3 is 3.00 bits per heavy atom. The SMILES string of the molecule is Cc1noc(C2CN(C3CN(Cc4cccc5nccn45)C3)CCO2)n1. The third-order valence-electron chi connectivity index (χ3n) is 5.27. The van der Waals surface area contributed by atoms with Crippen LogP contribution in [0.3, 0.4) is 0 Å². The van der Waals surface area contributed by atoms with Crippen molar-refractivity contribution in [1.82, 2.24) is 29.3 Å². The summed E-state index contributed by atoms with van der Waals surface area (Å²) in [5.41, 5.74) is 2.28. The number of imidazole rings is 1. The predicted molar refractivity (Wildman–Crippen MR) is 93.6 cm³/mol. The summed E-state index contributed by atoms with van der Waals surface area (Å²) < 4.78 is 13.3. The fourth-order valence-corrected chi connectivity index (χ4v) is 3.86. The molecule has 2 aliphatic rings. The molecule has 3 aromatic rings. The second kappa shape index (κ2) is 6.46. The smallest absolute Gasteiger partial charge is 0.257 e. The molecule has 136 valence electrons. The number of aromatic nitrogens is 4. The number of fused-ring (bicyclic) bond motifs is 1. The first-order chi connectivity index (χ1) is 12.8. The molecular formula is C18H22N6O2. The highest BCUT2D eigenvalue weighted by Crippen LogP contribution is 2.26. The number of hydrogen-bond acceptors (Lipinski definition) is 7. The Labute approximate surface area is 151 Å². The molecule has 1 unspecified atom stereocenters. The summed E-state index contributed by atoms with van der Waals surface area (Å²) >= 11 is 0. The van der Waals surface area contributed by atoms with Crippen molar-refractivity contribution in [3.05, 3.63) is 48.0 Å². The molecule has 0 radical (unpaired) electrons. The Morgan fingerprint density at radius 2 is 2.15 bits per heavy atom. The molecule has 2 fully saturated rings. The second-order valence-electron chi connectivity index (χ2n) is 7.05. The van der Waals surface area contributed by atoms with Gasteiger partial charge in [-0.1, -0.05) is 11.2 Å². The molecule has 2 saturated heterocycles. The maximum absolute atomic E-state index is 5.83. The molecule has 0 aliphatic carbocycles. The van der Waals surface area contributed by atoms with E-state index in [1.54, 1.807) is 0 Å². The Hall–Kier alpha value is -2.29. The molecule has 0 N–H and O–H groups in total. The number of pyridine rings is 1. The third kappa shape index (κ3) is 2.90. The van der Waals surface area contributed by atoms with Gasteiger partial charge >= 0.3 is 0 Å². The van der Waals surface area contributed by atoms with Gasteiger partial charge in [0.1, 0.15) is 11.8 Å². The van der Waals surface area contributed by atoms with Crippen LogP contribution >= 0.6 is 0 Å². The van der Waals surface area contributed by atoms with E-state index in [0.717, 1.165) is 38.4 Å². The summed E-state index contributed by atoms with van der Waals surface area (Å²) in [4.78, 5) is 13.6. The number of rotatable bonds is 4. The molecule has 0 amide bonds. The van der Waals surface area contributed by atoms with Gasteiger partial charge in [0.05, 0.1) is 6.61 Å². The van der Waals surface area contributed by atoms with Crippen LogP contribution in [0.15, 0.2) is 35.1 Å². The van der Waals surface area contributed by atoms with E-state index in [1.165, 1.54) is 5.69 Å². The molecule has 0 saturated carbocycles. The number of hydrogen-bond donors (Lipinski definition) is 0. The highest BCUT2D eigenvalue weighted by Gasteiger charge is 2.36. The number of likely N-dealkylation sites (tertiary alicyclic amines) is 1. The zero-order valence-corrected chi connectivity index (χ0v) is 14.8. The largest absolute Gasteiger partial charge is 0.366 e. The van der Waals surface area contributed by atoms with Gasteiger partial charge in [-0.05, 0) is 19.1 Å². The molecule has 0 bridgehead atoms. The first-order valence-corrected chi connectivity index (χ1v) is 9.05. The summed E-state index contributed by atoms with van der Waals surface area (Å²) in [5.74, 6) is 1.25. The van der Waals surface area contributed by atoms with E-state index in [2.05, 4.69) is 41.5 Å². The number of morpholine rings is 1. The molecule has 5 rings (SSSR count). The van der Waals surface area contributed by atoms with Crippen LogP contribution in [0.1, 0.15) is 23.5 Å². The van der Waals surface area contributed by atoms with Crippen molar-refractivity contribution in [2.24, 2.45) is 0 Å². The van der Waals surface area contributed by atoms with Gasteiger partial charge in [0, 0.05) is 56.9 Å². The summed E-state index contributed by atoms with van der Waals surface area (Å²) in [5, 5.41) is 3.87. The quantitative estimate of drug-likeness (QED) is 0.699. The summed E-state index contributed by atoms with van der Waals surface area (Å²) in [6.07, 6.45) is 3.77. The average Bonchev–Trinajstić information content (AvgIpc) is 3.27. The maximum atomic E-state index is 5.83. The van der Waals surface area contributed by atoms with Crippen LogP contribution in [0.4, 0.5) is 0 Å². The minimum absolute atomic E-state index is 0.112. The molecule has 8 nitrogen and oxygen atoms in total. The molecule has 0 spiro atoms. The van der Waals surface area contributed by atoms with Gasteiger partial charge in [0.2, 0.25) is 0 Å². The monoisotopic (exact) mass is 354 g/mol. The minimum Gasteiger partial charge on any atom is -0.366 e. The first kappa shape index (κ1) is 15.9. The standard InChI is InChI=1S/C18H22N6O2/c1-13-20-18(26-21-13)16-12-23(7-8-25-16)15-10-22(11-15)9-14-3-2-4-17-19-5-6-24(14)17/h2-6,15-16H,7-12H2,1H3. The van der Waals surface area contributed by atoms with E-state index in [9.17, 15) is 0 Å². The number of aryl methyl sites for hydroxylation is 1. The second-order valence-corrected chi connectivity index (χ2v) is 7.05. The molecule has 5 heterocycles. The average molecular weight is 354 g/mol. The van der Waals surface area contributed by atoms with Crippen molar-refractivity contribution in [1.29, 1.82) is 0 Å². The third-order valence-corrected chi connectivity index (χ3v) is 5.27. The molecule has 3 aromatic heterocycles. The van der Waals surface area contributed by atoms with E-state index in [1.807, 2.05) is 25.4 Å². The van der Waals surface area contributed by atoms with Crippen LogP contribution in [0.2, 0.25) is 0 Å². The minimum atomic E-state index is -0.112. The normalized spacial score (nSPS) is 22.7. The maximum Gasteiger partial charge on any atom is 0.257 e. The number of ether oxygens (including phenoxy) is 1.